The van der Waals surface area contributed by atoms with Crippen LogP contribution in [0, 0.1) is 0 Å². The molecule has 4 heteroatoms. The Kier molecular flexibility index (Phi) is 4.33. The minimum atomic E-state index is -1.18. The van der Waals surface area contributed by atoms with Crippen LogP contribution in [0.3, 0.4) is 0 Å². The summed E-state index contributed by atoms with van der Waals surface area (Å²) in [5.74, 6) is -0.554. The van der Waals surface area contributed by atoms with E-state index in [4.69, 9.17) is 4.74 Å². The molecule has 0 radical (unpaired) electrons. The van der Waals surface area contributed by atoms with Crippen LogP contribution in [0.25, 0.3) is 0 Å². The Labute approximate surface area is 107 Å². The number of carbonyl (C=O) groups is 1. The molecular weight excluding hydrogens is 230 g/mol. The number of ether oxygens (including phenoxy) is 1. The molecule has 1 saturated heterocycles. The van der Waals surface area contributed by atoms with Gasteiger partial charge in [-0.2, -0.15) is 0 Å². The number of likely N-dealkylation sites (tertiary alicyclic amines) is 1. The number of aliphatic hydroxyl groups is 1. The second kappa shape index (κ2) is 5.98. The van der Waals surface area contributed by atoms with Gasteiger partial charge in [-0.05, 0) is 32.0 Å². The van der Waals surface area contributed by atoms with Crippen molar-refractivity contribution in [2.45, 2.75) is 25.0 Å². The molecule has 1 heterocycles. The SMILES string of the molecule is CN1CCC[C@@H](OC(=O)C(O)c2ccccc2)C1. The second-order valence-electron chi connectivity index (χ2n) is 4.78. The molecule has 1 fully saturated rings. The Balaban J connectivity index is 1.91. The van der Waals surface area contributed by atoms with Crippen molar-refractivity contribution in [2.75, 3.05) is 20.1 Å². The monoisotopic (exact) mass is 249 g/mol. The predicted molar refractivity (Wildman–Crippen MR) is 68.0 cm³/mol. The van der Waals surface area contributed by atoms with Crippen molar-refractivity contribution in [3.8, 4) is 0 Å². The van der Waals surface area contributed by atoms with E-state index in [2.05, 4.69) is 4.90 Å². The summed E-state index contributed by atoms with van der Waals surface area (Å²) in [6.45, 7) is 1.78. The maximum Gasteiger partial charge on any atom is 0.339 e. The largest absolute Gasteiger partial charge is 0.459 e. The number of carbonyl (C=O) groups excluding carboxylic acids is 1. The molecule has 1 N–H and O–H groups in total. The molecule has 1 aliphatic heterocycles. The molecule has 1 aliphatic rings. The molecule has 4 nitrogen and oxygen atoms in total. The van der Waals surface area contributed by atoms with Gasteiger partial charge in [0.2, 0.25) is 0 Å². The Morgan fingerprint density at radius 3 is 2.83 bits per heavy atom. The zero-order valence-corrected chi connectivity index (χ0v) is 10.6. The van der Waals surface area contributed by atoms with Crippen molar-refractivity contribution in [2.24, 2.45) is 0 Å². The normalized spacial score (nSPS) is 22.4. The molecule has 0 amide bonds. The molecule has 2 rings (SSSR count). The quantitative estimate of drug-likeness (QED) is 0.822. The van der Waals surface area contributed by atoms with Crippen LogP contribution < -0.4 is 0 Å². The molecule has 0 aliphatic carbocycles. The van der Waals surface area contributed by atoms with Gasteiger partial charge >= 0.3 is 5.97 Å². The first-order valence-corrected chi connectivity index (χ1v) is 6.29. The Bertz CT molecular complexity index is 393. The number of esters is 1. The van der Waals surface area contributed by atoms with E-state index in [0.717, 1.165) is 25.9 Å². The summed E-state index contributed by atoms with van der Waals surface area (Å²) >= 11 is 0. The number of nitrogens with zero attached hydrogens (tertiary/aromatic N) is 1. The first kappa shape index (κ1) is 13.1. The van der Waals surface area contributed by atoms with Crippen LogP contribution in [-0.4, -0.2) is 42.2 Å². The molecule has 0 bridgehead atoms. The van der Waals surface area contributed by atoms with Crippen molar-refractivity contribution in [1.82, 2.24) is 4.90 Å². The van der Waals surface area contributed by atoms with E-state index in [1.165, 1.54) is 0 Å². The number of rotatable bonds is 3. The second-order valence-corrected chi connectivity index (χ2v) is 4.78. The lowest BCUT2D eigenvalue weighted by Gasteiger charge is -2.29. The highest BCUT2D eigenvalue weighted by Gasteiger charge is 2.25. The number of benzene rings is 1. The Morgan fingerprint density at radius 1 is 1.44 bits per heavy atom. The third kappa shape index (κ3) is 3.31. The first-order chi connectivity index (χ1) is 8.66. The molecule has 2 atom stereocenters. The lowest BCUT2D eigenvalue weighted by atomic mass is 10.1. The first-order valence-electron chi connectivity index (χ1n) is 6.29. The van der Waals surface area contributed by atoms with Crippen LogP contribution in [0.4, 0.5) is 0 Å². The predicted octanol–water partition coefficient (Wildman–Crippen LogP) is 1.36. The fraction of sp³-hybridized carbons (Fsp3) is 0.500. The molecule has 18 heavy (non-hydrogen) atoms. The molecule has 0 spiro atoms. The minimum absolute atomic E-state index is 0.102. The number of likely N-dealkylation sites (N-methyl/N-ethyl adjacent to an activating group) is 1. The van der Waals surface area contributed by atoms with E-state index < -0.39 is 12.1 Å². The van der Waals surface area contributed by atoms with Gasteiger partial charge in [0.05, 0.1) is 0 Å². The smallest absolute Gasteiger partial charge is 0.339 e. The Morgan fingerprint density at radius 2 is 2.17 bits per heavy atom. The maximum absolute atomic E-state index is 11.8. The van der Waals surface area contributed by atoms with Gasteiger partial charge in [0.1, 0.15) is 6.10 Å². The third-order valence-corrected chi connectivity index (χ3v) is 3.20. The number of hydrogen-bond acceptors (Lipinski definition) is 4. The average Bonchev–Trinajstić information content (AvgIpc) is 2.39. The van der Waals surface area contributed by atoms with E-state index in [0.29, 0.717) is 5.56 Å². The van der Waals surface area contributed by atoms with Gasteiger partial charge in [0, 0.05) is 6.54 Å². The highest BCUT2D eigenvalue weighted by atomic mass is 16.6. The maximum atomic E-state index is 11.8. The van der Waals surface area contributed by atoms with Gasteiger partial charge in [-0.25, -0.2) is 4.79 Å². The zero-order valence-electron chi connectivity index (χ0n) is 10.6. The molecule has 98 valence electrons. The van der Waals surface area contributed by atoms with Gasteiger partial charge in [0.25, 0.3) is 0 Å². The van der Waals surface area contributed by atoms with Crippen LogP contribution >= 0.6 is 0 Å². The fourth-order valence-electron chi connectivity index (χ4n) is 2.22. The van der Waals surface area contributed by atoms with Gasteiger partial charge in [-0.15, -0.1) is 0 Å². The van der Waals surface area contributed by atoms with Gasteiger partial charge in [-0.1, -0.05) is 30.3 Å². The number of piperidine rings is 1. The summed E-state index contributed by atoms with van der Waals surface area (Å²) < 4.78 is 5.35. The zero-order chi connectivity index (χ0) is 13.0. The summed E-state index contributed by atoms with van der Waals surface area (Å²) in [5.41, 5.74) is 0.576. The standard InChI is InChI=1S/C14H19NO3/c1-15-9-5-8-12(10-15)18-14(17)13(16)11-6-3-2-4-7-11/h2-4,6-7,12-13,16H,5,8-10H2,1H3/t12-,13?/m1/s1. The van der Waals surface area contributed by atoms with Crippen LogP contribution in [-0.2, 0) is 9.53 Å². The number of hydrogen-bond donors (Lipinski definition) is 1. The van der Waals surface area contributed by atoms with Gasteiger partial charge in [0.15, 0.2) is 6.10 Å². The summed E-state index contributed by atoms with van der Waals surface area (Å²) in [6, 6.07) is 8.87. The Hall–Kier alpha value is -1.39. The highest BCUT2D eigenvalue weighted by molar-refractivity contribution is 5.76. The summed E-state index contributed by atoms with van der Waals surface area (Å²) in [6.07, 6.45) is 0.612. The summed E-state index contributed by atoms with van der Waals surface area (Å²) in [5, 5.41) is 9.90. The van der Waals surface area contributed by atoms with Crippen molar-refractivity contribution in [3.63, 3.8) is 0 Å². The average molecular weight is 249 g/mol. The van der Waals surface area contributed by atoms with Gasteiger partial charge < -0.3 is 14.7 Å². The molecular formula is C14H19NO3. The van der Waals surface area contributed by atoms with Crippen LogP contribution in [0.15, 0.2) is 30.3 Å². The van der Waals surface area contributed by atoms with Crippen molar-refractivity contribution in [1.29, 1.82) is 0 Å². The number of aliphatic hydroxyl groups excluding tert-OH is 1. The van der Waals surface area contributed by atoms with E-state index in [1.54, 1.807) is 24.3 Å². The van der Waals surface area contributed by atoms with Gasteiger partial charge in [-0.3, -0.25) is 0 Å². The third-order valence-electron chi connectivity index (χ3n) is 3.20. The fourth-order valence-corrected chi connectivity index (χ4v) is 2.22. The lowest BCUT2D eigenvalue weighted by Crippen LogP contribution is -2.38. The van der Waals surface area contributed by atoms with E-state index in [-0.39, 0.29) is 6.10 Å². The topological polar surface area (TPSA) is 49.8 Å². The van der Waals surface area contributed by atoms with E-state index in [9.17, 15) is 9.90 Å². The van der Waals surface area contributed by atoms with Crippen LogP contribution in [0.1, 0.15) is 24.5 Å². The minimum Gasteiger partial charge on any atom is -0.459 e. The summed E-state index contributed by atoms with van der Waals surface area (Å²) in [4.78, 5) is 14.0. The summed E-state index contributed by atoms with van der Waals surface area (Å²) in [7, 11) is 2.01. The van der Waals surface area contributed by atoms with E-state index >= 15 is 0 Å². The molecule has 1 aromatic rings. The van der Waals surface area contributed by atoms with Crippen molar-refractivity contribution < 1.29 is 14.6 Å². The molecule has 1 aromatic carbocycles. The van der Waals surface area contributed by atoms with E-state index in [1.807, 2.05) is 13.1 Å². The molecule has 0 aromatic heterocycles. The highest BCUT2D eigenvalue weighted by Crippen LogP contribution is 2.18. The van der Waals surface area contributed by atoms with Crippen molar-refractivity contribution in [3.05, 3.63) is 35.9 Å². The van der Waals surface area contributed by atoms with Crippen molar-refractivity contribution >= 4 is 5.97 Å². The van der Waals surface area contributed by atoms with Crippen LogP contribution in [0.5, 0.6) is 0 Å². The molecule has 1 unspecified atom stereocenters. The molecule has 0 saturated carbocycles. The van der Waals surface area contributed by atoms with Crippen LogP contribution in [0.2, 0.25) is 0 Å². The lowest BCUT2D eigenvalue weighted by molar-refractivity contribution is -0.161.